The van der Waals surface area contributed by atoms with Crippen LogP contribution in [0, 0.1) is 5.92 Å². The van der Waals surface area contributed by atoms with Crippen molar-refractivity contribution in [2.45, 2.75) is 114 Å². The van der Waals surface area contributed by atoms with Crippen LogP contribution in [0.25, 0.3) is 0 Å². The third kappa shape index (κ3) is 13.6. The minimum atomic E-state index is -1.12. The number of rotatable bonds is 18. The molecule has 40 heavy (non-hydrogen) atoms. The van der Waals surface area contributed by atoms with E-state index in [4.69, 9.17) is 4.74 Å². The van der Waals surface area contributed by atoms with E-state index in [-0.39, 0.29) is 35.7 Å². The molecule has 0 aromatic heterocycles. The number of carboxylic acids is 1. The van der Waals surface area contributed by atoms with E-state index in [2.05, 4.69) is 26.6 Å². The van der Waals surface area contributed by atoms with E-state index in [9.17, 15) is 29.1 Å². The van der Waals surface area contributed by atoms with Crippen molar-refractivity contribution in [1.82, 2.24) is 26.6 Å². The van der Waals surface area contributed by atoms with Crippen LogP contribution in [0.1, 0.15) is 91.4 Å². The van der Waals surface area contributed by atoms with Crippen molar-refractivity contribution in [1.29, 1.82) is 0 Å². The van der Waals surface area contributed by atoms with Gasteiger partial charge in [0.1, 0.15) is 11.6 Å². The van der Waals surface area contributed by atoms with Gasteiger partial charge in [0.15, 0.2) is 0 Å². The summed E-state index contributed by atoms with van der Waals surface area (Å²) in [6.45, 7) is 6.16. The number of hydrogen-bond donors (Lipinski definition) is 6. The van der Waals surface area contributed by atoms with Gasteiger partial charge in [-0.3, -0.25) is 9.59 Å². The summed E-state index contributed by atoms with van der Waals surface area (Å²) < 4.78 is 5.10. The van der Waals surface area contributed by atoms with Crippen LogP contribution < -0.4 is 26.6 Å². The Morgan fingerprint density at radius 3 is 2.20 bits per heavy atom. The molecule has 0 radical (unpaired) electrons. The molecule has 2 aliphatic heterocycles. The van der Waals surface area contributed by atoms with Crippen LogP contribution in [0.5, 0.6) is 0 Å². The van der Waals surface area contributed by atoms with E-state index in [1.54, 1.807) is 32.5 Å². The molecule has 2 saturated heterocycles. The summed E-state index contributed by atoms with van der Waals surface area (Å²) in [5.41, 5.74) is -0.708. The Morgan fingerprint density at radius 1 is 0.950 bits per heavy atom. The largest absolute Gasteiger partial charge is 0.480 e. The fourth-order valence-electron chi connectivity index (χ4n) is 4.68. The molecule has 0 unspecified atom stereocenters. The fraction of sp³-hybridized carbons (Fsp3) is 0.815. The number of nitrogens with one attached hydrogen (secondary N) is 5. The van der Waals surface area contributed by atoms with Crippen LogP contribution in [0.2, 0.25) is 0 Å². The molecule has 2 aliphatic rings. The minimum absolute atomic E-state index is 0.0503. The molecule has 4 atom stereocenters. The summed E-state index contributed by atoms with van der Waals surface area (Å²) in [5, 5.41) is 23.5. The van der Waals surface area contributed by atoms with Crippen LogP contribution in [-0.2, 0) is 19.1 Å². The third-order valence-electron chi connectivity index (χ3n) is 6.76. The number of carbonyl (C=O) groups is 5. The summed E-state index contributed by atoms with van der Waals surface area (Å²) in [6, 6.07) is -0.910. The molecular formula is C27H47N5O7S. The maximum absolute atomic E-state index is 12.1. The summed E-state index contributed by atoms with van der Waals surface area (Å²) in [4.78, 5) is 58.7. The quantitative estimate of drug-likeness (QED) is 0.133. The van der Waals surface area contributed by atoms with Crippen LogP contribution in [-0.4, -0.2) is 76.9 Å². The number of amides is 5. The van der Waals surface area contributed by atoms with Gasteiger partial charge in [-0.05, 0) is 71.6 Å². The lowest BCUT2D eigenvalue weighted by molar-refractivity contribution is -0.139. The van der Waals surface area contributed by atoms with Gasteiger partial charge in [-0.15, -0.1) is 11.8 Å². The van der Waals surface area contributed by atoms with Gasteiger partial charge in [0.05, 0.1) is 11.4 Å². The molecule has 6 N–H and O–H groups in total. The number of carboxylic acid groups (broad SMARTS) is 1. The normalized spacial score (nSPS) is 20.6. The smallest absolute Gasteiger partial charge is 0.408 e. The Balaban J connectivity index is 1.40. The SMILES string of the molecule is CC(C)(C)OC(=O)N[C@@H](CCCCNC(=O)CCCCCNC(=O)CCCC[C@@H]1CS[C@@H]2NC(=O)N[C@H]12)C(=O)O. The van der Waals surface area contributed by atoms with Crippen molar-refractivity contribution < 1.29 is 33.8 Å². The molecule has 0 spiro atoms. The summed E-state index contributed by atoms with van der Waals surface area (Å²) in [5.74, 6) is 0.382. The lowest BCUT2D eigenvalue weighted by atomic mass is 9.96. The molecule has 2 rings (SSSR count). The molecule has 0 aromatic rings. The second kappa shape index (κ2) is 17.2. The highest BCUT2D eigenvalue weighted by atomic mass is 32.2. The monoisotopic (exact) mass is 585 g/mol. The van der Waals surface area contributed by atoms with Gasteiger partial charge in [-0.25, -0.2) is 14.4 Å². The Kier molecular flexibility index (Phi) is 14.4. The lowest BCUT2D eigenvalue weighted by Crippen LogP contribution is -2.43. The Morgan fingerprint density at radius 2 is 1.57 bits per heavy atom. The molecule has 0 aliphatic carbocycles. The molecule has 228 valence electrons. The van der Waals surface area contributed by atoms with Crippen LogP contribution in [0.4, 0.5) is 9.59 Å². The molecular weight excluding hydrogens is 538 g/mol. The van der Waals surface area contributed by atoms with Gasteiger partial charge in [0.2, 0.25) is 11.8 Å². The molecule has 0 saturated carbocycles. The van der Waals surface area contributed by atoms with Gasteiger partial charge >= 0.3 is 18.1 Å². The zero-order valence-corrected chi connectivity index (χ0v) is 24.8. The predicted octanol–water partition coefficient (Wildman–Crippen LogP) is 2.86. The first-order valence-corrected chi connectivity index (χ1v) is 15.4. The maximum atomic E-state index is 12.1. The number of carbonyl (C=O) groups excluding carboxylic acids is 4. The summed E-state index contributed by atoms with van der Waals surface area (Å²) >= 11 is 1.79. The number of fused-ring (bicyclic) bond motifs is 1. The zero-order valence-electron chi connectivity index (χ0n) is 24.0. The van der Waals surface area contributed by atoms with Crippen molar-refractivity contribution in [2.75, 3.05) is 18.8 Å². The van der Waals surface area contributed by atoms with Gasteiger partial charge in [-0.2, -0.15) is 0 Å². The number of unbranched alkanes of at least 4 members (excludes halogenated alkanes) is 4. The fourth-order valence-corrected chi connectivity index (χ4v) is 6.20. The van der Waals surface area contributed by atoms with Crippen molar-refractivity contribution >= 4 is 41.7 Å². The highest BCUT2D eigenvalue weighted by Crippen LogP contribution is 2.35. The maximum Gasteiger partial charge on any atom is 0.408 e. The summed E-state index contributed by atoms with van der Waals surface area (Å²) in [6.07, 6.45) is 6.73. The van der Waals surface area contributed by atoms with Gasteiger partial charge in [0, 0.05) is 31.7 Å². The molecule has 2 heterocycles. The highest BCUT2D eigenvalue weighted by molar-refractivity contribution is 8.00. The van der Waals surface area contributed by atoms with E-state index in [1.807, 2.05) is 0 Å². The predicted molar refractivity (Wildman–Crippen MR) is 153 cm³/mol. The van der Waals surface area contributed by atoms with Crippen molar-refractivity contribution in [3.05, 3.63) is 0 Å². The topological polar surface area (TPSA) is 175 Å². The first-order valence-electron chi connectivity index (χ1n) is 14.4. The number of urea groups is 1. The zero-order chi connectivity index (χ0) is 29.5. The van der Waals surface area contributed by atoms with Gasteiger partial charge < -0.3 is 36.4 Å². The third-order valence-corrected chi connectivity index (χ3v) is 8.15. The van der Waals surface area contributed by atoms with Crippen LogP contribution in [0.3, 0.4) is 0 Å². The molecule has 0 bridgehead atoms. The van der Waals surface area contributed by atoms with Crippen molar-refractivity contribution in [3.8, 4) is 0 Å². The second-order valence-electron chi connectivity index (χ2n) is 11.4. The van der Waals surface area contributed by atoms with E-state index in [1.165, 1.54) is 0 Å². The molecule has 2 fully saturated rings. The molecule has 12 nitrogen and oxygen atoms in total. The van der Waals surface area contributed by atoms with Crippen LogP contribution in [0.15, 0.2) is 0 Å². The molecule has 0 aromatic carbocycles. The van der Waals surface area contributed by atoms with E-state index >= 15 is 0 Å². The average Bonchev–Trinajstić information content (AvgIpc) is 3.40. The molecule has 5 amide bonds. The number of alkyl carbamates (subject to hydrolysis) is 1. The second-order valence-corrected chi connectivity index (χ2v) is 12.6. The minimum Gasteiger partial charge on any atom is -0.480 e. The van der Waals surface area contributed by atoms with Gasteiger partial charge in [0.25, 0.3) is 0 Å². The number of aliphatic carboxylic acids is 1. The van der Waals surface area contributed by atoms with Crippen molar-refractivity contribution in [3.63, 3.8) is 0 Å². The number of ether oxygens (including phenoxy) is 1. The van der Waals surface area contributed by atoms with Crippen molar-refractivity contribution in [2.24, 2.45) is 5.92 Å². The van der Waals surface area contributed by atoms with E-state index < -0.39 is 23.7 Å². The lowest BCUT2D eigenvalue weighted by Gasteiger charge is -2.22. The average molecular weight is 586 g/mol. The van der Waals surface area contributed by atoms with Crippen LogP contribution >= 0.6 is 11.8 Å². The Labute approximate surface area is 241 Å². The molecule has 13 heteroatoms. The number of thioether (sulfide) groups is 1. The summed E-state index contributed by atoms with van der Waals surface area (Å²) in [7, 11) is 0. The highest BCUT2D eigenvalue weighted by Gasteiger charge is 2.42. The Hall–Kier alpha value is -2.70. The first-order chi connectivity index (χ1) is 18.9. The standard InChI is InChI=1S/C27H47N5O7S/c1-27(2,3)39-26(38)30-19(24(35)36)12-8-10-16-29-20(33)13-5-4-9-15-28-21(34)14-7-6-11-18-17-40-23-22(18)31-25(37)32-23/h18-19,22-23H,4-17H2,1-3H3,(H,28,34)(H,29,33)(H,30,38)(H,35,36)(H2,31,32,37)/t18-,19+,22-,23+/m1/s1. The van der Waals surface area contributed by atoms with Gasteiger partial charge in [-0.1, -0.05) is 12.8 Å². The first kappa shape index (κ1) is 33.5. The Bertz CT molecular complexity index is 867. The van der Waals surface area contributed by atoms with E-state index in [0.29, 0.717) is 44.7 Å². The van der Waals surface area contributed by atoms with E-state index in [0.717, 1.165) is 44.3 Å². The number of hydrogen-bond acceptors (Lipinski definition) is 7.